The molecule has 15 heavy (non-hydrogen) atoms. The van der Waals surface area contributed by atoms with Crippen molar-refractivity contribution < 1.29 is 23.1 Å². The zero-order chi connectivity index (χ0) is 11.7. The van der Waals surface area contributed by atoms with Crippen LogP contribution in [0.15, 0.2) is 0 Å². The minimum absolute atomic E-state index is 0.0305. The lowest BCUT2D eigenvalue weighted by Crippen LogP contribution is -2.55. The minimum Gasteiger partial charge on any atom is -0.479 e. The number of carbonyl (C=O) groups is 2. The summed E-state index contributed by atoms with van der Waals surface area (Å²) in [5.41, 5.74) is -1.56. The van der Waals surface area contributed by atoms with Crippen molar-refractivity contribution in [2.45, 2.75) is 18.9 Å². The molecule has 1 fully saturated rings. The molecule has 7 heteroatoms. The summed E-state index contributed by atoms with van der Waals surface area (Å²) < 4.78 is 22.6. The Labute approximate surface area is 87.8 Å². The van der Waals surface area contributed by atoms with Crippen LogP contribution in [0.5, 0.6) is 0 Å². The maximum atomic E-state index is 11.3. The zero-order valence-electron chi connectivity index (χ0n) is 8.34. The van der Waals surface area contributed by atoms with Gasteiger partial charge in [0.15, 0.2) is 15.4 Å². The van der Waals surface area contributed by atoms with E-state index in [1.54, 1.807) is 6.92 Å². The molecule has 0 spiro atoms. The SMILES string of the molecule is CCN(C=O)C1(C(=O)O)CCS(=O)(=O)C1. The Morgan fingerprint density at radius 2 is 2.20 bits per heavy atom. The highest BCUT2D eigenvalue weighted by atomic mass is 32.2. The van der Waals surface area contributed by atoms with Crippen LogP contribution in [0.3, 0.4) is 0 Å². The average molecular weight is 235 g/mol. The minimum atomic E-state index is -3.35. The van der Waals surface area contributed by atoms with E-state index in [4.69, 9.17) is 5.11 Å². The summed E-state index contributed by atoms with van der Waals surface area (Å²) in [5, 5.41) is 9.06. The third kappa shape index (κ3) is 1.97. The number of carbonyl (C=O) groups excluding carboxylic acids is 1. The Balaban J connectivity index is 3.12. The first-order valence-corrected chi connectivity index (χ1v) is 6.36. The molecule has 0 aromatic carbocycles. The second-order valence-corrected chi connectivity index (χ2v) is 5.75. The lowest BCUT2D eigenvalue weighted by molar-refractivity contribution is -0.153. The molecule has 1 N–H and O–H groups in total. The average Bonchev–Trinajstić information content (AvgIpc) is 2.46. The van der Waals surface area contributed by atoms with Gasteiger partial charge < -0.3 is 10.0 Å². The largest absolute Gasteiger partial charge is 0.479 e. The highest BCUT2D eigenvalue weighted by molar-refractivity contribution is 7.91. The Morgan fingerprint density at radius 3 is 2.47 bits per heavy atom. The molecular weight excluding hydrogens is 222 g/mol. The predicted molar refractivity (Wildman–Crippen MR) is 52.1 cm³/mol. The number of carboxylic acid groups (broad SMARTS) is 1. The first kappa shape index (κ1) is 12.0. The summed E-state index contributed by atoms with van der Waals surface area (Å²) in [7, 11) is -3.35. The molecule has 1 heterocycles. The first-order chi connectivity index (χ1) is 6.88. The van der Waals surface area contributed by atoms with Crippen molar-refractivity contribution in [2.24, 2.45) is 0 Å². The topological polar surface area (TPSA) is 91.8 Å². The fourth-order valence-corrected chi connectivity index (χ4v) is 3.78. The first-order valence-electron chi connectivity index (χ1n) is 4.54. The number of nitrogens with zero attached hydrogens (tertiary/aromatic N) is 1. The molecule has 0 bridgehead atoms. The Bertz CT molecular complexity index is 376. The van der Waals surface area contributed by atoms with Crippen molar-refractivity contribution in [3.63, 3.8) is 0 Å². The predicted octanol–water partition coefficient (Wildman–Crippen LogP) is -0.893. The highest BCUT2D eigenvalue weighted by Gasteiger charge is 2.52. The van der Waals surface area contributed by atoms with Gasteiger partial charge in [0.05, 0.1) is 11.5 Å². The van der Waals surface area contributed by atoms with Crippen molar-refractivity contribution in [3.8, 4) is 0 Å². The van der Waals surface area contributed by atoms with Crippen LogP contribution in [-0.4, -0.2) is 54.4 Å². The Hall–Kier alpha value is -1.11. The van der Waals surface area contributed by atoms with E-state index in [-0.39, 0.29) is 18.7 Å². The van der Waals surface area contributed by atoms with E-state index in [1.165, 1.54) is 0 Å². The molecule has 1 atom stereocenters. The van der Waals surface area contributed by atoms with Gasteiger partial charge in [-0.05, 0) is 13.3 Å². The van der Waals surface area contributed by atoms with Gasteiger partial charge in [0.25, 0.3) is 0 Å². The van der Waals surface area contributed by atoms with Crippen molar-refractivity contribution >= 4 is 22.2 Å². The van der Waals surface area contributed by atoms with Crippen LogP contribution in [-0.2, 0) is 19.4 Å². The number of aliphatic carboxylic acids is 1. The summed E-state index contributed by atoms with van der Waals surface area (Å²) in [4.78, 5) is 22.9. The molecule has 1 aliphatic rings. The monoisotopic (exact) mass is 235 g/mol. The fourth-order valence-electron chi connectivity index (χ4n) is 1.83. The number of likely N-dealkylation sites (N-methyl/N-ethyl adjacent to an activating group) is 1. The summed E-state index contributed by atoms with van der Waals surface area (Å²) in [6, 6.07) is 0. The summed E-state index contributed by atoms with van der Waals surface area (Å²) in [5.74, 6) is -1.91. The van der Waals surface area contributed by atoms with Crippen LogP contribution in [0.25, 0.3) is 0 Å². The van der Waals surface area contributed by atoms with Gasteiger partial charge in [0.1, 0.15) is 0 Å². The highest BCUT2D eigenvalue weighted by Crippen LogP contribution is 2.29. The molecule has 86 valence electrons. The number of rotatable bonds is 4. The third-order valence-electron chi connectivity index (χ3n) is 2.70. The molecule has 1 saturated heterocycles. The van der Waals surface area contributed by atoms with E-state index in [2.05, 4.69) is 0 Å². The summed E-state index contributed by atoms with van der Waals surface area (Å²) in [6.45, 7) is 1.80. The van der Waals surface area contributed by atoms with Crippen LogP contribution < -0.4 is 0 Å². The molecule has 0 aliphatic carbocycles. The van der Waals surface area contributed by atoms with Gasteiger partial charge in [-0.1, -0.05) is 0 Å². The van der Waals surface area contributed by atoms with Crippen LogP contribution in [0.1, 0.15) is 13.3 Å². The van der Waals surface area contributed by atoms with Crippen LogP contribution in [0.2, 0.25) is 0 Å². The molecule has 1 amide bonds. The van der Waals surface area contributed by atoms with Crippen molar-refractivity contribution in [1.29, 1.82) is 0 Å². The number of carboxylic acids is 1. The summed E-state index contributed by atoms with van der Waals surface area (Å²) >= 11 is 0. The lowest BCUT2D eigenvalue weighted by atomic mass is 9.97. The van der Waals surface area contributed by atoms with E-state index in [0.29, 0.717) is 6.41 Å². The molecule has 1 rings (SSSR count). The number of hydrogen-bond donors (Lipinski definition) is 1. The number of hydrogen-bond acceptors (Lipinski definition) is 4. The van der Waals surface area contributed by atoms with E-state index in [1.807, 2.05) is 0 Å². The number of amides is 1. The zero-order valence-corrected chi connectivity index (χ0v) is 9.16. The Morgan fingerprint density at radius 1 is 1.60 bits per heavy atom. The number of sulfone groups is 1. The molecule has 1 aliphatic heterocycles. The molecular formula is C8H13NO5S. The Kier molecular flexibility index (Phi) is 3.03. The van der Waals surface area contributed by atoms with E-state index >= 15 is 0 Å². The standard InChI is InChI=1S/C8H13NO5S/c1-2-9(6-10)8(7(11)12)3-4-15(13,14)5-8/h6H,2-5H2,1H3,(H,11,12). The van der Waals surface area contributed by atoms with Gasteiger partial charge in [-0.15, -0.1) is 0 Å². The van der Waals surface area contributed by atoms with E-state index in [0.717, 1.165) is 4.90 Å². The van der Waals surface area contributed by atoms with Gasteiger partial charge in [0, 0.05) is 6.54 Å². The quantitative estimate of drug-likeness (QED) is 0.638. The van der Waals surface area contributed by atoms with Crippen molar-refractivity contribution in [2.75, 3.05) is 18.1 Å². The van der Waals surface area contributed by atoms with Gasteiger partial charge >= 0.3 is 5.97 Å². The van der Waals surface area contributed by atoms with Crippen LogP contribution in [0, 0.1) is 0 Å². The summed E-state index contributed by atoms with van der Waals surface area (Å²) in [6.07, 6.45) is 0.367. The fraction of sp³-hybridized carbons (Fsp3) is 0.750. The maximum Gasteiger partial charge on any atom is 0.330 e. The van der Waals surface area contributed by atoms with Crippen LogP contribution in [0.4, 0.5) is 0 Å². The molecule has 0 aromatic heterocycles. The second-order valence-electron chi connectivity index (χ2n) is 3.57. The third-order valence-corrected chi connectivity index (χ3v) is 4.44. The molecule has 0 radical (unpaired) electrons. The smallest absolute Gasteiger partial charge is 0.330 e. The molecule has 0 saturated carbocycles. The van der Waals surface area contributed by atoms with Crippen molar-refractivity contribution in [1.82, 2.24) is 4.90 Å². The normalized spacial score (nSPS) is 28.6. The van der Waals surface area contributed by atoms with Gasteiger partial charge in [-0.3, -0.25) is 4.79 Å². The maximum absolute atomic E-state index is 11.3. The van der Waals surface area contributed by atoms with Crippen molar-refractivity contribution in [3.05, 3.63) is 0 Å². The molecule has 6 nitrogen and oxygen atoms in total. The van der Waals surface area contributed by atoms with Gasteiger partial charge in [-0.2, -0.15) is 0 Å². The second kappa shape index (κ2) is 3.80. The van der Waals surface area contributed by atoms with E-state index < -0.39 is 27.1 Å². The molecule has 1 unspecified atom stereocenters. The van der Waals surface area contributed by atoms with E-state index in [9.17, 15) is 18.0 Å². The van der Waals surface area contributed by atoms with Gasteiger partial charge in [-0.25, -0.2) is 13.2 Å². The van der Waals surface area contributed by atoms with Crippen LogP contribution >= 0.6 is 0 Å². The van der Waals surface area contributed by atoms with Gasteiger partial charge in [0.2, 0.25) is 6.41 Å². The molecule has 0 aromatic rings. The lowest BCUT2D eigenvalue weighted by Gasteiger charge is -2.32.